The standard InChI is InChI=1S/C20H32N2O10/c23-15(7-5-10-18(28)29)22(13-3-1-2-8-16(24)25)14(6-4-9-17(26)27)20(32)21-12-11-19(30)31/h14H,1-13H2,(H,21,32)(H,24,25)(H,26,27)(H,28,29)(H,30,31). The van der Waals surface area contributed by atoms with Crippen molar-refractivity contribution in [3.05, 3.63) is 0 Å². The molecule has 0 aliphatic rings. The van der Waals surface area contributed by atoms with Crippen LogP contribution in [0.5, 0.6) is 0 Å². The lowest BCUT2D eigenvalue weighted by Gasteiger charge is -2.31. The molecule has 0 aromatic rings. The van der Waals surface area contributed by atoms with E-state index in [1.54, 1.807) is 0 Å². The van der Waals surface area contributed by atoms with E-state index in [9.17, 15) is 28.8 Å². The summed E-state index contributed by atoms with van der Waals surface area (Å²) < 4.78 is 0. The van der Waals surface area contributed by atoms with Crippen LogP contribution < -0.4 is 5.32 Å². The molecule has 1 unspecified atom stereocenters. The van der Waals surface area contributed by atoms with Crippen molar-refractivity contribution < 1.29 is 49.2 Å². The fourth-order valence-corrected chi connectivity index (χ4v) is 3.01. The highest BCUT2D eigenvalue weighted by Gasteiger charge is 2.29. The van der Waals surface area contributed by atoms with Gasteiger partial charge in [0.2, 0.25) is 11.8 Å². The van der Waals surface area contributed by atoms with Gasteiger partial charge in [-0.05, 0) is 32.1 Å². The number of carbonyl (C=O) groups excluding carboxylic acids is 2. The van der Waals surface area contributed by atoms with Gasteiger partial charge >= 0.3 is 23.9 Å². The summed E-state index contributed by atoms with van der Waals surface area (Å²) in [6.45, 7) is -0.0567. The Hall–Kier alpha value is -3.18. The largest absolute Gasteiger partial charge is 0.481 e. The Balaban J connectivity index is 5.31. The minimum atomic E-state index is -1.12. The topological polar surface area (TPSA) is 199 Å². The van der Waals surface area contributed by atoms with Gasteiger partial charge in [0, 0.05) is 38.8 Å². The van der Waals surface area contributed by atoms with Gasteiger partial charge in [0.1, 0.15) is 6.04 Å². The van der Waals surface area contributed by atoms with Gasteiger partial charge in [-0.1, -0.05) is 6.42 Å². The van der Waals surface area contributed by atoms with Crippen LogP contribution in [0.25, 0.3) is 0 Å². The minimum absolute atomic E-state index is 0.0327. The minimum Gasteiger partial charge on any atom is -0.481 e. The maximum atomic E-state index is 12.8. The maximum absolute atomic E-state index is 12.8. The van der Waals surface area contributed by atoms with Crippen molar-refractivity contribution in [3.63, 3.8) is 0 Å². The molecular formula is C20H32N2O10. The van der Waals surface area contributed by atoms with Crippen molar-refractivity contribution in [1.82, 2.24) is 10.2 Å². The van der Waals surface area contributed by atoms with E-state index in [1.807, 2.05) is 0 Å². The molecular weight excluding hydrogens is 428 g/mol. The van der Waals surface area contributed by atoms with Gasteiger partial charge < -0.3 is 30.6 Å². The average molecular weight is 460 g/mol. The monoisotopic (exact) mass is 460 g/mol. The molecule has 182 valence electrons. The molecule has 12 nitrogen and oxygen atoms in total. The Kier molecular flexibility index (Phi) is 14.9. The first-order valence-electron chi connectivity index (χ1n) is 10.5. The first-order valence-corrected chi connectivity index (χ1v) is 10.5. The number of unbranched alkanes of at least 4 members (excludes halogenated alkanes) is 2. The maximum Gasteiger partial charge on any atom is 0.305 e. The molecule has 32 heavy (non-hydrogen) atoms. The quantitative estimate of drug-likeness (QED) is 0.173. The Morgan fingerprint density at radius 3 is 1.72 bits per heavy atom. The van der Waals surface area contributed by atoms with Gasteiger partial charge in [0.15, 0.2) is 0 Å². The van der Waals surface area contributed by atoms with E-state index in [0.29, 0.717) is 19.3 Å². The third-order valence-corrected chi connectivity index (χ3v) is 4.58. The summed E-state index contributed by atoms with van der Waals surface area (Å²) in [5, 5.41) is 37.6. The Morgan fingerprint density at radius 1 is 0.625 bits per heavy atom. The van der Waals surface area contributed by atoms with Crippen LogP contribution in [0, 0.1) is 0 Å². The average Bonchev–Trinajstić information content (AvgIpc) is 2.67. The molecule has 0 fully saturated rings. The van der Waals surface area contributed by atoms with Crippen molar-refractivity contribution in [2.75, 3.05) is 13.1 Å². The van der Waals surface area contributed by atoms with Crippen molar-refractivity contribution >= 4 is 35.7 Å². The number of nitrogens with one attached hydrogen (secondary N) is 1. The van der Waals surface area contributed by atoms with E-state index in [0.717, 1.165) is 0 Å². The summed E-state index contributed by atoms with van der Waals surface area (Å²) in [7, 11) is 0. The molecule has 0 rings (SSSR count). The zero-order valence-corrected chi connectivity index (χ0v) is 18.0. The summed E-state index contributed by atoms with van der Waals surface area (Å²) in [6, 6.07) is -1.04. The van der Waals surface area contributed by atoms with E-state index in [1.165, 1.54) is 4.90 Å². The fourth-order valence-electron chi connectivity index (χ4n) is 3.01. The summed E-state index contributed by atoms with van der Waals surface area (Å²) in [4.78, 5) is 69.6. The van der Waals surface area contributed by atoms with Crippen molar-refractivity contribution in [2.24, 2.45) is 0 Å². The van der Waals surface area contributed by atoms with Gasteiger partial charge in [0.05, 0.1) is 6.42 Å². The molecule has 0 radical (unpaired) electrons. The SMILES string of the molecule is O=C(O)CCCCCN(C(=O)CCCC(=O)O)C(CCCC(=O)O)C(=O)NCCC(=O)O. The van der Waals surface area contributed by atoms with E-state index in [-0.39, 0.29) is 64.5 Å². The highest BCUT2D eigenvalue weighted by atomic mass is 16.4. The number of amides is 2. The molecule has 0 aliphatic carbocycles. The first kappa shape index (κ1) is 28.8. The smallest absolute Gasteiger partial charge is 0.305 e. The Bertz CT molecular complexity index is 665. The summed E-state index contributed by atoms with van der Waals surface area (Å²) in [5.41, 5.74) is 0. The third kappa shape index (κ3) is 14.7. The summed E-state index contributed by atoms with van der Waals surface area (Å²) in [5.74, 6) is -5.29. The van der Waals surface area contributed by atoms with Crippen LogP contribution in [0.4, 0.5) is 0 Å². The van der Waals surface area contributed by atoms with Gasteiger partial charge in [-0.3, -0.25) is 28.8 Å². The molecule has 0 heterocycles. The van der Waals surface area contributed by atoms with Crippen molar-refractivity contribution in [3.8, 4) is 0 Å². The van der Waals surface area contributed by atoms with E-state index >= 15 is 0 Å². The molecule has 1 atom stereocenters. The molecule has 0 saturated heterocycles. The molecule has 5 N–H and O–H groups in total. The van der Waals surface area contributed by atoms with Crippen LogP contribution >= 0.6 is 0 Å². The highest BCUT2D eigenvalue weighted by molar-refractivity contribution is 5.88. The lowest BCUT2D eigenvalue weighted by Crippen LogP contribution is -2.50. The zero-order chi connectivity index (χ0) is 24.5. The Morgan fingerprint density at radius 2 is 1.16 bits per heavy atom. The lowest BCUT2D eigenvalue weighted by atomic mass is 10.0. The van der Waals surface area contributed by atoms with Crippen LogP contribution in [0.2, 0.25) is 0 Å². The first-order chi connectivity index (χ1) is 15.0. The Labute approximate surface area is 185 Å². The molecule has 0 aromatic heterocycles. The number of rotatable bonds is 19. The summed E-state index contributed by atoms with van der Waals surface area (Å²) >= 11 is 0. The third-order valence-electron chi connectivity index (χ3n) is 4.58. The van der Waals surface area contributed by atoms with Gasteiger partial charge in [-0.2, -0.15) is 0 Å². The van der Waals surface area contributed by atoms with Gasteiger partial charge in [-0.15, -0.1) is 0 Å². The number of carboxylic acids is 4. The van der Waals surface area contributed by atoms with E-state index in [4.69, 9.17) is 20.4 Å². The molecule has 0 spiro atoms. The second kappa shape index (κ2) is 16.5. The van der Waals surface area contributed by atoms with Crippen LogP contribution in [0.1, 0.15) is 70.6 Å². The number of aliphatic carboxylic acids is 4. The summed E-state index contributed by atoms with van der Waals surface area (Å²) in [6.07, 6.45) is 0.514. The number of nitrogens with zero attached hydrogens (tertiary/aromatic N) is 1. The van der Waals surface area contributed by atoms with Crippen molar-refractivity contribution in [2.45, 2.75) is 76.7 Å². The lowest BCUT2D eigenvalue weighted by molar-refractivity contribution is -0.142. The number of hydrogen-bond acceptors (Lipinski definition) is 6. The highest BCUT2D eigenvalue weighted by Crippen LogP contribution is 2.15. The molecule has 0 saturated carbocycles. The predicted octanol–water partition coefficient (Wildman–Crippen LogP) is 0.929. The second-order valence-corrected chi connectivity index (χ2v) is 7.28. The fraction of sp³-hybridized carbons (Fsp3) is 0.700. The number of hydrogen-bond donors (Lipinski definition) is 5. The van der Waals surface area contributed by atoms with Crippen LogP contribution in [-0.4, -0.2) is 80.1 Å². The van der Waals surface area contributed by atoms with Crippen molar-refractivity contribution in [1.29, 1.82) is 0 Å². The van der Waals surface area contributed by atoms with Gasteiger partial charge in [0.25, 0.3) is 0 Å². The van der Waals surface area contributed by atoms with E-state index < -0.39 is 41.7 Å². The van der Waals surface area contributed by atoms with Gasteiger partial charge in [-0.25, -0.2) is 0 Å². The van der Waals surface area contributed by atoms with Crippen LogP contribution in [0.15, 0.2) is 0 Å². The number of carboxylic acid groups (broad SMARTS) is 4. The second-order valence-electron chi connectivity index (χ2n) is 7.28. The molecule has 0 aromatic carbocycles. The van der Waals surface area contributed by atoms with Crippen LogP contribution in [0.3, 0.4) is 0 Å². The van der Waals surface area contributed by atoms with E-state index in [2.05, 4.69) is 5.32 Å². The normalized spacial score (nSPS) is 11.4. The predicted molar refractivity (Wildman–Crippen MR) is 110 cm³/mol. The van der Waals surface area contributed by atoms with Crippen LogP contribution in [-0.2, 0) is 28.8 Å². The molecule has 0 bridgehead atoms. The molecule has 2 amide bonds. The molecule has 0 aliphatic heterocycles. The number of carbonyl (C=O) groups is 6. The zero-order valence-electron chi connectivity index (χ0n) is 18.0. The molecule has 12 heteroatoms.